The minimum absolute atomic E-state index is 0.700. The molecule has 2 heterocycles. The van der Waals surface area contributed by atoms with Crippen LogP contribution in [-0.4, -0.2) is 43.3 Å². The third-order valence-corrected chi connectivity index (χ3v) is 4.57. The standard InChI is InChI=1S/C20H28N4O/c1-16-8-6-12-24(15-16)19-14-18(17-9-4-3-5-10-17)22-20(23-19)21-11-7-13-25-2/h3-5,9-10,14,16H,6-8,11-13,15H2,1-2H3,(H,21,22,23). The molecule has 1 saturated heterocycles. The molecule has 1 aromatic carbocycles. The average Bonchev–Trinajstić information content (AvgIpc) is 2.66. The summed E-state index contributed by atoms with van der Waals surface area (Å²) < 4.78 is 5.11. The lowest BCUT2D eigenvalue weighted by atomic mass is 10.0. The van der Waals surface area contributed by atoms with Crippen LogP contribution < -0.4 is 10.2 Å². The highest BCUT2D eigenvalue weighted by atomic mass is 16.5. The topological polar surface area (TPSA) is 50.3 Å². The van der Waals surface area contributed by atoms with Gasteiger partial charge in [0, 0.05) is 45.0 Å². The number of hydrogen-bond acceptors (Lipinski definition) is 5. The molecule has 5 nitrogen and oxygen atoms in total. The smallest absolute Gasteiger partial charge is 0.225 e. The number of aromatic nitrogens is 2. The maximum Gasteiger partial charge on any atom is 0.225 e. The summed E-state index contributed by atoms with van der Waals surface area (Å²) in [7, 11) is 1.72. The van der Waals surface area contributed by atoms with Crippen LogP contribution in [-0.2, 0) is 4.74 Å². The lowest BCUT2D eigenvalue weighted by molar-refractivity contribution is 0.197. The number of nitrogens with one attached hydrogen (secondary N) is 1. The van der Waals surface area contributed by atoms with Gasteiger partial charge in [0.2, 0.25) is 5.95 Å². The Labute approximate surface area is 150 Å². The van der Waals surface area contributed by atoms with E-state index in [1.165, 1.54) is 12.8 Å². The summed E-state index contributed by atoms with van der Waals surface area (Å²) in [5.74, 6) is 2.43. The Balaban J connectivity index is 1.85. The van der Waals surface area contributed by atoms with Crippen molar-refractivity contribution >= 4 is 11.8 Å². The molecular formula is C20H28N4O. The predicted octanol–water partition coefficient (Wildman–Crippen LogP) is 3.83. The van der Waals surface area contributed by atoms with Gasteiger partial charge < -0.3 is 15.0 Å². The van der Waals surface area contributed by atoms with Crippen LogP contribution >= 0.6 is 0 Å². The van der Waals surface area contributed by atoms with E-state index in [-0.39, 0.29) is 0 Å². The summed E-state index contributed by atoms with van der Waals surface area (Å²) in [4.78, 5) is 11.9. The van der Waals surface area contributed by atoms with Gasteiger partial charge in [-0.1, -0.05) is 37.3 Å². The Morgan fingerprint density at radius 1 is 1.24 bits per heavy atom. The first-order valence-corrected chi connectivity index (χ1v) is 9.18. The normalized spacial score (nSPS) is 17.5. The molecular weight excluding hydrogens is 312 g/mol. The summed E-state index contributed by atoms with van der Waals surface area (Å²) in [5, 5.41) is 3.35. The number of piperidine rings is 1. The van der Waals surface area contributed by atoms with Crippen LogP contribution in [0.15, 0.2) is 36.4 Å². The van der Waals surface area contributed by atoms with E-state index in [1.54, 1.807) is 7.11 Å². The summed E-state index contributed by atoms with van der Waals surface area (Å²) in [6, 6.07) is 12.4. The molecule has 1 fully saturated rings. The van der Waals surface area contributed by atoms with Gasteiger partial charge in [-0.15, -0.1) is 0 Å². The van der Waals surface area contributed by atoms with Gasteiger partial charge >= 0.3 is 0 Å². The zero-order chi connectivity index (χ0) is 17.5. The molecule has 1 atom stereocenters. The second-order valence-corrected chi connectivity index (χ2v) is 6.77. The highest BCUT2D eigenvalue weighted by Crippen LogP contribution is 2.26. The summed E-state index contributed by atoms with van der Waals surface area (Å²) in [5.41, 5.74) is 2.09. The molecule has 5 heteroatoms. The third kappa shape index (κ3) is 4.92. The number of methoxy groups -OCH3 is 1. The number of rotatable bonds is 7. The van der Waals surface area contributed by atoms with Crippen molar-refractivity contribution in [3.8, 4) is 11.3 Å². The Morgan fingerprint density at radius 2 is 2.08 bits per heavy atom. The molecule has 0 bridgehead atoms. The van der Waals surface area contributed by atoms with Gasteiger partial charge in [-0.05, 0) is 25.2 Å². The zero-order valence-corrected chi connectivity index (χ0v) is 15.2. The number of ether oxygens (including phenoxy) is 1. The van der Waals surface area contributed by atoms with Gasteiger partial charge in [-0.3, -0.25) is 0 Å². The first-order chi connectivity index (χ1) is 12.3. The third-order valence-electron chi connectivity index (χ3n) is 4.57. The van der Waals surface area contributed by atoms with Crippen LogP contribution in [0, 0.1) is 5.92 Å². The van der Waals surface area contributed by atoms with E-state index >= 15 is 0 Å². The van der Waals surface area contributed by atoms with Gasteiger partial charge in [-0.2, -0.15) is 4.98 Å². The van der Waals surface area contributed by atoms with Crippen LogP contribution in [0.1, 0.15) is 26.2 Å². The van der Waals surface area contributed by atoms with E-state index in [4.69, 9.17) is 14.7 Å². The first-order valence-electron chi connectivity index (χ1n) is 9.18. The fourth-order valence-corrected chi connectivity index (χ4v) is 3.25. The van der Waals surface area contributed by atoms with Crippen molar-refractivity contribution in [3.63, 3.8) is 0 Å². The molecule has 0 saturated carbocycles. The Hall–Kier alpha value is -2.14. The van der Waals surface area contributed by atoms with Crippen molar-refractivity contribution in [2.24, 2.45) is 5.92 Å². The first kappa shape index (κ1) is 17.7. The zero-order valence-electron chi connectivity index (χ0n) is 15.2. The van der Waals surface area contributed by atoms with Crippen LogP contribution in [0.5, 0.6) is 0 Å². The van der Waals surface area contributed by atoms with Crippen molar-refractivity contribution in [2.45, 2.75) is 26.2 Å². The average molecular weight is 340 g/mol. The van der Waals surface area contributed by atoms with Crippen molar-refractivity contribution in [3.05, 3.63) is 36.4 Å². The second kappa shape index (κ2) is 8.81. The maximum absolute atomic E-state index is 5.11. The van der Waals surface area contributed by atoms with Crippen LogP contribution in [0.3, 0.4) is 0 Å². The lowest BCUT2D eigenvalue weighted by Crippen LogP contribution is -2.35. The second-order valence-electron chi connectivity index (χ2n) is 6.77. The summed E-state index contributed by atoms with van der Waals surface area (Å²) >= 11 is 0. The van der Waals surface area contributed by atoms with Crippen LogP contribution in [0.4, 0.5) is 11.8 Å². The Kier molecular flexibility index (Phi) is 6.23. The Bertz CT molecular complexity index is 662. The monoisotopic (exact) mass is 340 g/mol. The van der Waals surface area contributed by atoms with E-state index in [0.29, 0.717) is 11.9 Å². The van der Waals surface area contributed by atoms with Gasteiger partial charge in [-0.25, -0.2) is 4.98 Å². The van der Waals surface area contributed by atoms with E-state index < -0.39 is 0 Å². The molecule has 25 heavy (non-hydrogen) atoms. The SMILES string of the molecule is COCCCNc1nc(-c2ccccc2)cc(N2CCCC(C)C2)n1. The van der Waals surface area contributed by atoms with Crippen molar-refractivity contribution in [1.82, 2.24) is 9.97 Å². The van der Waals surface area contributed by atoms with E-state index in [1.807, 2.05) is 18.2 Å². The number of nitrogens with zero attached hydrogens (tertiary/aromatic N) is 3. The molecule has 0 amide bonds. The predicted molar refractivity (Wildman–Crippen MR) is 103 cm³/mol. The molecule has 3 rings (SSSR count). The number of hydrogen-bond donors (Lipinski definition) is 1. The number of benzene rings is 1. The molecule has 1 N–H and O–H groups in total. The quantitative estimate of drug-likeness (QED) is 0.776. The minimum atomic E-state index is 0.700. The molecule has 1 aliphatic heterocycles. The Morgan fingerprint density at radius 3 is 2.84 bits per heavy atom. The van der Waals surface area contributed by atoms with E-state index in [2.05, 4.69) is 35.3 Å². The fourth-order valence-electron chi connectivity index (χ4n) is 3.25. The molecule has 1 aliphatic rings. The van der Waals surface area contributed by atoms with Crippen molar-refractivity contribution in [2.75, 3.05) is 43.6 Å². The van der Waals surface area contributed by atoms with E-state index in [9.17, 15) is 0 Å². The highest BCUT2D eigenvalue weighted by Gasteiger charge is 2.19. The molecule has 134 valence electrons. The maximum atomic E-state index is 5.11. The van der Waals surface area contributed by atoms with Gasteiger partial charge in [0.25, 0.3) is 0 Å². The largest absolute Gasteiger partial charge is 0.385 e. The van der Waals surface area contributed by atoms with Crippen LogP contribution in [0.25, 0.3) is 11.3 Å². The van der Waals surface area contributed by atoms with E-state index in [0.717, 1.165) is 49.7 Å². The van der Waals surface area contributed by atoms with Crippen molar-refractivity contribution in [1.29, 1.82) is 0 Å². The molecule has 1 unspecified atom stereocenters. The lowest BCUT2D eigenvalue weighted by Gasteiger charge is -2.32. The minimum Gasteiger partial charge on any atom is -0.385 e. The number of anilines is 2. The summed E-state index contributed by atoms with van der Waals surface area (Å²) in [6.07, 6.45) is 3.46. The fraction of sp³-hybridized carbons (Fsp3) is 0.500. The van der Waals surface area contributed by atoms with Crippen LogP contribution in [0.2, 0.25) is 0 Å². The van der Waals surface area contributed by atoms with Gasteiger partial charge in [0.15, 0.2) is 0 Å². The van der Waals surface area contributed by atoms with Crippen molar-refractivity contribution < 1.29 is 4.74 Å². The molecule has 0 radical (unpaired) electrons. The highest BCUT2D eigenvalue weighted by molar-refractivity contribution is 5.64. The van der Waals surface area contributed by atoms with Gasteiger partial charge in [0.1, 0.15) is 5.82 Å². The molecule has 0 spiro atoms. The molecule has 0 aliphatic carbocycles. The molecule has 1 aromatic heterocycles. The van der Waals surface area contributed by atoms with Gasteiger partial charge in [0.05, 0.1) is 5.69 Å². The summed E-state index contributed by atoms with van der Waals surface area (Å²) in [6.45, 7) is 5.99. The molecule has 2 aromatic rings.